The summed E-state index contributed by atoms with van der Waals surface area (Å²) >= 11 is 0. The van der Waals surface area contributed by atoms with E-state index in [1.165, 1.54) is 12.1 Å². The van der Waals surface area contributed by atoms with Crippen LogP contribution in [0.4, 0.5) is 13.2 Å². The lowest BCUT2D eigenvalue weighted by atomic mass is 9.90. The molecule has 0 aromatic heterocycles. The Labute approximate surface area is 113 Å². The molecule has 108 valence electrons. The van der Waals surface area contributed by atoms with Crippen LogP contribution in [0.1, 0.15) is 50.8 Å². The third-order valence-electron chi connectivity index (χ3n) is 3.31. The van der Waals surface area contributed by atoms with E-state index in [1.54, 1.807) is 6.07 Å². The summed E-state index contributed by atoms with van der Waals surface area (Å²) in [7, 11) is 0. The summed E-state index contributed by atoms with van der Waals surface area (Å²) in [6, 6.07) is 5.62. The lowest BCUT2D eigenvalue weighted by Gasteiger charge is -2.25. The van der Waals surface area contributed by atoms with Gasteiger partial charge < -0.3 is 5.32 Å². The first kappa shape index (κ1) is 16.0. The normalized spacial score (nSPS) is 15.3. The van der Waals surface area contributed by atoms with Gasteiger partial charge in [0.2, 0.25) is 0 Å². The van der Waals surface area contributed by atoms with Gasteiger partial charge in [-0.15, -0.1) is 0 Å². The van der Waals surface area contributed by atoms with Gasteiger partial charge in [0, 0.05) is 6.04 Å². The second-order valence-corrected chi connectivity index (χ2v) is 4.92. The monoisotopic (exact) mass is 273 g/mol. The molecule has 0 saturated heterocycles. The molecule has 0 amide bonds. The molecule has 2 unspecified atom stereocenters. The Morgan fingerprint density at radius 2 is 1.89 bits per heavy atom. The maximum absolute atomic E-state index is 12.7. The molecular weight excluding hydrogens is 251 g/mol. The van der Waals surface area contributed by atoms with E-state index in [-0.39, 0.29) is 6.04 Å². The van der Waals surface area contributed by atoms with Crippen LogP contribution in [0.15, 0.2) is 24.3 Å². The summed E-state index contributed by atoms with van der Waals surface area (Å²) in [6.45, 7) is 6.89. The lowest BCUT2D eigenvalue weighted by molar-refractivity contribution is -0.137. The van der Waals surface area contributed by atoms with Gasteiger partial charge >= 0.3 is 6.18 Å². The van der Waals surface area contributed by atoms with Crippen LogP contribution < -0.4 is 5.32 Å². The molecule has 0 radical (unpaired) electrons. The van der Waals surface area contributed by atoms with Crippen molar-refractivity contribution in [1.82, 2.24) is 5.32 Å². The van der Waals surface area contributed by atoms with Crippen LogP contribution in [-0.4, -0.2) is 6.54 Å². The lowest BCUT2D eigenvalue weighted by Crippen LogP contribution is -2.27. The van der Waals surface area contributed by atoms with Gasteiger partial charge in [0.25, 0.3) is 0 Å². The average Bonchev–Trinajstić information content (AvgIpc) is 2.35. The van der Waals surface area contributed by atoms with Crippen LogP contribution >= 0.6 is 0 Å². The van der Waals surface area contributed by atoms with E-state index in [1.807, 2.05) is 6.92 Å². The van der Waals surface area contributed by atoms with Crippen molar-refractivity contribution in [2.75, 3.05) is 6.54 Å². The van der Waals surface area contributed by atoms with Crippen LogP contribution in [0.5, 0.6) is 0 Å². The van der Waals surface area contributed by atoms with Gasteiger partial charge in [-0.2, -0.15) is 13.2 Å². The Morgan fingerprint density at radius 3 is 2.42 bits per heavy atom. The molecule has 1 aromatic carbocycles. The Kier molecular flexibility index (Phi) is 5.85. The molecule has 0 aliphatic rings. The molecule has 1 rings (SSSR count). The maximum atomic E-state index is 12.7. The van der Waals surface area contributed by atoms with Gasteiger partial charge in [-0.3, -0.25) is 0 Å². The molecule has 0 fully saturated rings. The molecule has 0 aliphatic heterocycles. The van der Waals surface area contributed by atoms with Crippen molar-refractivity contribution in [1.29, 1.82) is 0 Å². The van der Waals surface area contributed by atoms with Gasteiger partial charge in [-0.25, -0.2) is 0 Å². The number of hydrogen-bond donors (Lipinski definition) is 1. The first-order valence-corrected chi connectivity index (χ1v) is 6.80. The molecule has 1 nitrogen and oxygen atoms in total. The van der Waals surface area contributed by atoms with Crippen molar-refractivity contribution < 1.29 is 13.2 Å². The van der Waals surface area contributed by atoms with Gasteiger partial charge in [0.05, 0.1) is 5.56 Å². The van der Waals surface area contributed by atoms with E-state index in [0.29, 0.717) is 5.92 Å². The predicted molar refractivity (Wildman–Crippen MR) is 71.9 cm³/mol. The van der Waals surface area contributed by atoms with Crippen LogP contribution in [-0.2, 0) is 6.18 Å². The van der Waals surface area contributed by atoms with Crippen LogP contribution in [0.25, 0.3) is 0 Å². The number of hydrogen-bond acceptors (Lipinski definition) is 1. The Hall–Kier alpha value is -1.03. The maximum Gasteiger partial charge on any atom is 0.416 e. The highest BCUT2D eigenvalue weighted by Gasteiger charge is 2.31. The Morgan fingerprint density at radius 1 is 1.21 bits per heavy atom. The number of alkyl halides is 3. The number of rotatable bonds is 6. The van der Waals surface area contributed by atoms with E-state index in [2.05, 4.69) is 19.2 Å². The second-order valence-electron chi connectivity index (χ2n) is 4.92. The number of halogens is 3. The molecule has 1 N–H and O–H groups in total. The summed E-state index contributed by atoms with van der Waals surface area (Å²) in [5.41, 5.74) is 0.147. The minimum absolute atomic E-state index is 0.0211. The molecule has 0 heterocycles. The fourth-order valence-corrected chi connectivity index (χ4v) is 2.40. The smallest absolute Gasteiger partial charge is 0.310 e. The van der Waals surface area contributed by atoms with Crippen LogP contribution in [0.3, 0.4) is 0 Å². The van der Waals surface area contributed by atoms with Crippen molar-refractivity contribution >= 4 is 0 Å². The Bertz CT molecular complexity index is 387. The summed E-state index contributed by atoms with van der Waals surface area (Å²) in [6.07, 6.45) is -2.25. The molecule has 0 saturated carbocycles. The van der Waals surface area contributed by atoms with Gasteiger partial charge in [0.15, 0.2) is 0 Å². The van der Waals surface area contributed by atoms with E-state index in [0.717, 1.165) is 31.0 Å². The third kappa shape index (κ3) is 4.53. The number of nitrogens with one attached hydrogen (secondary N) is 1. The third-order valence-corrected chi connectivity index (χ3v) is 3.31. The highest BCUT2D eigenvalue weighted by atomic mass is 19.4. The van der Waals surface area contributed by atoms with Crippen LogP contribution in [0, 0.1) is 5.92 Å². The molecular formula is C15H22F3N. The van der Waals surface area contributed by atoms with Gasteiger partial charge in [-0.1, -0.05) is 39.3 Å². The minimum Gasteiger partial charge on any atom is -0.310 e. The fraction of sp³-hybridized carbons (Fsp3) is 0.600. The van der Waals surface area contributed by atoms with E-state index in [9.17, 15) is 13.2 Å². The largest absolute Gasteiger partial charge is 0.416 e. The highest BCUT2D eigenvalue weighted by Crippen LogP contribution is 2.33. The van der Waals surface area contributed by atoms with Gasteiger partial charge in [-0.05, 0) is 36.6 Å². The predicted octanol–water partition coefficient (Wildman–Crippen LogP) is 4.79. The zero-order valence-electron chi connectivity index (χ0n) is 11.7. The van der Waals surface area contributed by atoms with E-state index >= 15 is 0 Å². The topological polar surface area (TPSA) is 12.0 Å². The molecule has 0 aliphatic carbocycles. The molecule has 1 aromatic rings. The standard InChI is InChI=1S/C15H22F3N/c1-4-7-11(3)14(19-5-2)12-8-6-9-13(10-12)15(16,17)18/h6,8-11,14,19H,4-5,7H2,1-3H3. The number of benzene rings is 1. The summed E-state index contributed by atoms with van der Waals surface area (Å²) < 4.78 is 38.2. The minimum atomic E-state index is -4.28. The summed E-state index contributed by atoms with van der Waals surface area (Å²) in [5.74, 6) is 0.313. The molecule has 0 spiro atoms. The second kappa shape index (κ2) is 6.94. The van der Waals surface area contributed by atoms with Crippen molar-refractivity contribution in [3.63, 3.8) is 0 Å². The van der Waals surface area contributed by atoms with Crippen molar-refractivity contribution in [3.05, 3.63) is 35.4 Å². The van der Waals surface area contributed by atoms with Crippen molar-refractivity contribution in [2.45, 2.75) is 45.8 Å². The first-order chi connectivity index (χ1) is 8.90. The molecule has 4 heteroatoms. The Balaban J connectivity index is 3.02. The summed E-state index contributed by atoms with van der Waals surface area (Å²) in [5, 5.41) is 3.29. The average molecular weight is 273 g/mol. The first-order valence-electron chi connectivity index (χ1n) is 6.80. The van der Waals surface area contributed by atoms with Crippen molar-refractivity contribution in [2.24, 2.45) is 5.92 Å². The highest BCUT2D eigenvalue weighted by molar-refractivity contribution is 5.28. The quantitative estimate of drug-likeness (QED) is 0.785. The fourth-order valence-electron chi connectivity index (χ4n) is 2.40. The molecule has 19 heavy (non-hydrogen) atoms. The SMILES string of the molecule is CCCC(C)C(NCC)c1cccc(C(F)(F)F)c1. The van der Waals surface area contributed by atoms with E-state index < -0.39 is 11.7 Å². The summed E-state index contributed by atoms with van der Waals surface area (Å²) in [4.78, 5) is 0. The van der Waals surface area contributed by atoms with Crippen LogP contribution in [0.2, 0.25) is 0 Å². The zero-order chi connectivity index (χ0) is 14.5. The van der Waals surface area contributed by atoms with E-state index in [4.69, 9.17) is 0 Å². The molecule has 0 bridgehead atoms. The zero-order valence-corrected chi connectivity index (χ0v) is 11.7. The van der Waals surface area contributed by atoms with Gasteiger partial charge in [0.1, 0.15) is 0 Å². The van der Waals surface area contributed by atoms with Crippen molar-refractivity contribution in [3.8, 4) is 0 Å². The molecule has 2 atom stereocenters.